The molecule has 1 fully saturated rings. The zero-order valence-electron chi connectivity index (χ0n) is 23.4. The second-order valence-electron chi connectivity index (χ2n) is 10.2. The Kier molecular flexibility index (Phi) is 10.1. The van der Waals surface area contributed by atoms with Gasteiger partial charge in [-0.05, 0) is 57.0 Å². The van der Waals surface area contributed by atoms with Crippen LogP contribution in [0.25, 0.3) is 5.65 Å². The monoisotopic (exact) mass is 547 g/mol. The summed E-state index contributed by atoms with van der Waals surface area (Å²) in [6.07, 6.45) is -0.436. The number of nitrogens with two attached hydrogens (primary N) is 1. The average molecular weight is 548 g/mol. The number of carbonyl (C=O) groups is 1. The molecule has 0 spiro atoms. The van der Waals surface area contributed by atoms with E-state index < -0.39 is 17.6 Å². The minimum Gasteiger partial charge on any atom is -0.370 e. The summed E-state index contributed by atoms with van der Waals surface area (Å²) < 4.78 is 46.5. The van der Waals surface area contributed by atoms with Crippen molar-refractivity contribution in [2.75, 3.05) is 26.7 Å². The van der Waals surface area contributed by atoms with Crippen molar-refractivity contribution in [1.29, 1.82) is 0 Å². The molecule has 5 rings (SSSR count). The van der Waals surface area contributed by atoms with Crippen LogP contribution in [0.15, 0.2) is 48.8 Å². The predicted octanol–water partition coefficient (Wildman–Crippen LogP) is 4.93. The quantitative estimate of drug-likeness (QED) is 0.474. The van der Waals surface area contributed by atoms with Crippen molar-refractivity contribution in [3.63, 3.8) is 0 Å². The molecule has 10 heteroatoms. The van der Waals surface area contributed by atoms with Crippen LogP contribution in [-0.2, 0) is 23.9 Å². The molecular weight excluding hydrogens is 507 g/mol. The van der Waals surface area contributed by atoms with Gasteiger partial charge in [0.25, 0.3) is 5.91 Å². The molecule has 1 amide bonds. The van der Waals surface area contributed by atoms with Crippen LogP contribution in [0.1, 0.15) is 61.3 Å². The number of nitrogens with one attached hydrogen (secondary N) is 1. The highest BCUT2D eigenvalue weighted by molar-refractivity contribution is 5.92. The molecule has 39 heavy (non-hydrogen) atoms. The molecule has 4 heterocycles. The number of fused-ring (bicyclic) bond motifs is 2. The zero-order chi connectivity index (χ0) is 28.8. The Morgan fingerprint density at radius 1 is 1.13 bits per heavy atom. The number of hydrogen-bond acceptors (Lipinski definition) is 5. The van der Waals surface area contributed by atoms with E-state index in [-0.39, 0.29) is 29.0 Å². The summed E-state index contributed by atoms with van der Waals surface area (Å²) in [5.41, 5.74) is 6.55. The number of pyridine rings is 1. The van der Waals surface area contributed by atoms with Crippen molar-refractivity contribution >= 4 is 11.6 Å². The summed E-state index contributed by atoms with van der Waals surface area (Å²) in [6.45, 7) is 11.2. The van der Waals surface area contributed by atoms with Gasteiger partial charge in [-0.25, -0.2) is 4.98 Å². The van der Waals surface area contributed by atoms with Crippen LogP contribution in [0.4, 0.5) is 13.2 Å². The number of aromatic nitrogens is 2. The van der Waals surface area contributed by atoms with Gasteiger partial charge in [-0.3, -0.25) is 9.69 Å². The largest absolute Gasteiger partial charge is 0.417 e. The topological polar surface area (TPSA) is 84.9 Å². The number of benzene rings is 1. The number of alkyl halides is 3. The first kappa shape index (κ1) is 30.6. The molecule has 0 radical (unpaired) electrons. The van der Waals surface area contributed by atoms with E-state index in [2.05, 4.69) is 59.0 Å². The third kappa shape index (κ3) is 7.58. The van der Waals surface area contributed by atoms with Crippen LogP contribution in [-0.4, -0.2) is 58.6 Å². The third-order valence-corrected chi connectivity index (χ3v) is 6.93. The summed E-state index contributed by atoms with van der Waals surface area (Å²) in [6, 6.07) is 10.7. The van der Waals surface area contributed by atoms with Gasteiger partial charge in [0.2, 0.25) is 0 Å². The fraction of sp³-hybridized carbons (Fsp3) is 0.517. The second kappa shape index (κ2) is 12.9. The van der Waals surface area contributed by atoms with E-state index >= 15 is 0 Å². The van der Waals surface area contributed by atoms with Crippen molar-refractivity contribution < 1.29 is 22.7 Å². The highest BCUT2D eigenvalue weighted by Crippen LogP contribution is 2.36. The van der Waals surface area contributed by atoms with Crippen LogP contribution < -0.4 is 11.1 Å². The average Bonchev–Trinajstić information content (AvgIpc) is 3.48. The van der Waals surface area contributed by atoms with Gasteiger partial charge in [0.1, 0.15) is 11.3 Å². The maximum absolute atomic E-state index is 13.0. The fourth-order valence-corrected chi connectivity index (χ4v) is 5.30. The number of imidazole rings is 1. The van der Waals surface area contributed by atoms with Crippen molar-refractivity contribution in [2.45, 2.75) is 65.0 Å². The zero-order valence-corrected chi connectivity index (χ0v) is 23.4. The Bertz CT molecular complexity index is 1240. The van der Waals surface area contributed by atoms with E-state index in [9.17, 15) is 18.0 Å². The third-order valence-electron chi connectivity index (χ3n) is 6.93. The summed E-state index contributed by atoms with van der Waals surface area (Å²) in [5, 5.41) is 2.89. The highest BCUT2D eigenvalue weighted by Gasteiger charge is 2.41. The Balaban J connectivity index is 0.00000100. The Morgan fingerprint density at radius 2 is 1.82 bits per heavy atom. The van der Waals surface area contributed by atoms with E-state index in [1.807, 2.05) is 13.8 Å². The van der Waals surface area contributed by atoms with Crippen LogP contribution >= 0.6 is 0 Å². The molecule has 1 aromatic carbocycles. The number of carbonyl (C=O) groups excluding carboxylic acids is 1. The van der Waals surface area contributed by atoms with Gasteiger partial charge < -0.3 is 20.2 Å². The maximum Gasteiger partial charge on any atom is 0.417 e. The van der Waals surface area contributed by atoms with Crippen LogP contribution in [0, 0.1) is 5.92 Å². The molecule has 214 valence electrons. The van der Waals surface area contributed by atoms with Crippen LogP contribution in [0.2, 0.25) is 0 Å². The maximum atomic E-state index is 13.0. The Hall–Kier alpha value is -2.95. The smallest absolute Gasteiger partial charge is 0.370 e. The molecule has 1 saturated heterocycles. The molecular formula is C29H40F3N5O2. The van der Waals surface area contributed by atoms with E-state index in [1.54, 1.807) is 0 Å². The number of hydrogen-bond donors (Lipinski definition) is 2. The lowest BCUT2D eigenvalue weighted by molar-refractivity contribution is -0.137. The normalized spacial score (nSPS) is 20.3. The van der Waals surface area contributed by atoms with Crippen molar-refractivity contribution in [2.24, 2.45) is 11.7 Å². The molecule has 1 unspecified atom stereocenters. The predicted molar refractivity (Wildman–Crippen MR) is 146 cm³/mol. The van der Waals surface area contributed by atoms with Gasteiger partial charge in [-0.15, -0.1) is 0 Å². The highest BCUT2D eigenvalue weighted by atomic mass is 19.4. The second-order valence-corrected chi connectivity index (χ2v) is 10.2. The van der Waals surface area contributed by atoms with Crippen molar-refractivity contribution in [3.05, 3.63) is 71.2 Å². The molecule has 3 aromatic rings. The van der Waals surface area contributed by atoms with E-state index in [1.165, 1.54) is 34.8 Å². The Labute approximate surface area is 228 Å². The van der Waals surface area contributed by atoms with E-state index in [0.717, 1.165) is 44.7 Å². The van der Waals surface area contributed by atoms with Gasteiger partial charge >= 0.3 is 6.18 Å². The number of rotatable bonds is 5. The molecule has 0 bridgehead atoms. The lowest BCUT2D eigenvalue weighted by Gasteiger charge is -2.32. The van der Waals surface area contributed by atoms with E-state index in [0.29, 0.717) is 6.54 Å². The first-order valence-electron chi connectivity index (χ1n) is 13.5. The first-order valence-corrected chi connectivity index (χ1v) is 13.5. The van der Waals surface area contributed by atoms with Crippen molar-refractivity contribution in [1.82, 2.24) is 19.6 Å². The Morgan fingerprint density at radius 3 is 2.51 bits per heavy atom. The minimum atomic E-state index is -4.46. The lowest BCUT2D eigenvalue weighted by atomic mass is 9.92. The standard InChI is InChI=1S/C26H29F3N4O2.C2H6.CH5N/c1-25(2)11-19(14-32-10-9-17-5-3-4-6-18(17)13-32)22(35-25)12-30-24(34)21-16-33-15-20(26(27,28)29)7-8-23(33)31-21;2*1-2/h3-8,15-16,19,22H,9-14H2,1-2H3,(H,30,34);1-2H3;2H2,1H3/t19?,22-;;/m0../s1. The summed E-state index contributed by atoms with van der Waals surface area (Å²) in [4.78, 5) is 19.4. The number of nitrogens with zero attached hydrogens (tertiary/aromatic N) is 3. The van der Waals surface area contributed by atoms with Gasteiger partial charge in [0.15, 0.2) is 0 Å². The van der Waals surface area contributed by atoms with E-state index in [4.69, 9.17) is 4.74 Å². The first-order chi connectivity index (χ1) is 18.6. The van der Waals surface area contributed by atoms with Crippen molar-refractivity contribution in [3.8, 4) is 0 Å². The van der Waals surface area contributed by atoms with Gasteiger partial charge in [0, 0.05) is 44.5 Å². The molecule has 2 aliphatic heterocycles. The number of ether oxygens (including phenoxy) is 1. The molecule has 2 atom stereocenters. The SMILES string of the molecule is CC.CC1(C)CC(CN2CCc3ccccc3C2)[C@H](CNC(=O)c2cn3cc(C(F)(F)F)ccc3n2)O1.CN. The molecule has 2 aromatic heterocycles. The van der Waals surface area contributed by atoms with Gasteiger partial charge in [-0.1, -0.05) is 38.1 Å². The molecule has 0 saturated carbocycles. The summed E-state index contributed by atoms with van der Waals surface area (Å²) in [5.74, 6) is -0.174. The number of halogens is 3. The number of amides is 1. The van der Waals surface area contributed by atoms with Crippen LogP contribution in [0.3, 0.4) is 0 Å². The molecule has 7 nitrogen and oxygen atoms in total. The van der Waals surface area contributed by atoms with Gasteiger partial charge in [-0.2, -0.15) is 13.2 Å². The molecule has 2 aliphatic rings. The minimum absolute atomic E-state index is 0.0748. The summed E-state index contributed by atoms with van der Waals surface area (Å²) in [7, 11) is 1.50. The molecule has 3 N–H and O–H groups in total. The van der Waals surface area contributed by atoms with Crippen LogP contribution in [0.5, 0.6) is 0 Å². The fourth-order valence-electron chi connectivity index (χ4n) is 5.30. The summed E-state index contributed by atoms with van der Waals surface area (Å²) >= 11 is 0. The molecule has 0 aliphatic carbocycles. The lowest BCUT2D eigenvalue weighted by Crippen LogP contribution is -2.41. The van der Waals surface area contributed by atoms with Gasteiger partial charge in [0.05, 0.1) is 17.3 Å².